The molecule has 8 nitrogen and oxygen atoms in total. The number of sulfone groups is 1. The largest absolute Gasteiger partial charge is 0.495 e. The van der Waals surface area contributed by atoms with Gasteiger partial charge in [0.15, 0.2) is 14.9 Å². The minimum absolute atomic E-state index is 0.0488. The molecule has 0 atom stereocenters. The Kier molecular flexibility index (Phi) is 6.09. The van der Waals surface area contributed by atoms with Gasteiger partial charge in [0.1, 0.15) is 10.6 Å². The number of hydrogen-bond acceptors (Lipinski definition) is 7. The highest BCUT2D eigenvalue weighted by Gasteiger charge is 2.20. The molecular formula is C20H21N3O5S2. The molecule has 10 heteroatoms. The molecule has 158 valence electrons. The molecule has 0 aliphatic heterocycles. The van der Waals surface area contributed by atoms with E-state index in [1.54, 1.807) is 49.4 Å². The standard InChI is InChI=1S/C20H21N3O5S2/c1-4-29(24,25)20-12-10-17(21-22-20)15-6-8-16(9-7-15)23-30(26,27)19-13-14(2)5-11-18(19)28-3/h5-13,23H,4H2,1-3H3. The fourth-order valence-corrected chi connectivity index (χ4v) is 4.75. The lowest BCUT2D eigenvalue weighted by atomic mass is 10.1. The van der Waals surface area contributed by atoms with Crippen molar-refractivity contribution in [2.75, 3.05) is 17.6 Å². The van der Waals surface area contributed by atoms with E-state index in [2.05, 4.69) is 14.9 Å². The predicted octanol–water partition coefficient (Wildman–Crippen LogP) is 3.06. The summed E-state index contributed by atoms with van der Waals surface area (Å²) in [6, 6.07) is 14.4. The van der Waals surface area contributed by atoms with Crippen LogP contribution in [-0.2, 0) is 19.9 Å². The fraction of sp³-hybridized carbons (Fsp3) is 0.200. The van der Waals surface area contributed by atoms with E-state index in [4.69, 9.17) is 4.74 Å². The molecule has 0 spiro atoms. The van der Waals surface area contributed by atoms with E-state index in [1.807, 2.05) is 0 Å². The van der Waals surface area contributed by atoms with E-state index >= 15 is 0 Å². The lowest BCUT2D eigenvalue weighted by Crippen LogP contribution is -2.14. The van der Waals surface area contributed by atoms with Gasteiger partial charge in [0.05, 0.1) is 18.6 Å². The molecule has 0 aliphatic rings. The van der Waals surface area contributed by atoms with Crippen molar-refractivity contribution in [3.05, 3.63) is 60.2 Å². The van der Waals surface area contributed by atoms with Gasteiger partial charge in [0.2, 0.25) is 0 Å². The Hall–Kier alpha value is -2.98. The summed E-state index contributed by atoms with van der Waals surface area (Å²) >= 11 is 0. The van der Waals surface area contributed by atoms with Crippen LogP contribution in [0, 0.1) is 6.92 Å². The van der Waals surface area contributed by atoms with E-state index in [9.17, 15) is 16.8 Å². The van der Waals surface area contributed by atoms with Crippen molar-refractivity contribution >= 4 is 25.5 Å². The number of rotatable bonds is 7. The maximum atomic E-state index is 12.8. The smallest absolute Gasteiger partial charge is 0.265 e. The summed E-state index contributed by atoms with van der Waals surface area (Å²) in [7, 11) is -5.86. The number of benzene rings is 2. The number of hydrogen-bond donors (Lipinski definition) is 1. The highest BCUT2D eigenvalue weighted by Crippen LogP contribution is 2.27. The third-order valence-electron chi connectivity index (χ3n) is 4.38. The maximum absolute atomic E-state index is 12.8. The van der Waals surface area contributed by atoms with Crippen LogP contribution in [0.2, 0.25) is 0 Å². The first-order chi connectivity index (χ1) is 14.2. The van der Waals surface area contributed by atoms with Crippen LogP contribution in [0.5, 0.6) is 5.75 Å². The van der Waals surface area contributed by atoms with Gasteiger partial charge >= 0.3 is 0 Å². The summed E-state index contributed by atoms with van der Waals surface area (Å²) in [6.45, 7) is 3.34. The second-order valence-corrected chi connectivity index (χ2v) is 10.4. The Balaban J connectivity index is 1.83. The average Bonchev–Trinajstić information content (AvgIpc) is 2.74. The molecule has 0 aliphatic carbocycles. The molecular weight excluding hydrogens is 426 g/mol. The van der Waals surface area contributed by atoms with Crippen LogP contribution in [0.1, 0.15) is 12.5 Å². The number of aromatic nitrogens is 2. The average molecular weight is 448 g/mol. The molecule has 0 fully saturated rings. The van der Waals surface area contributed by atoms with Crippen LogP contribution in [-0.4, -0.2) is 39.9 Å². The third-order valence-corrected chi connectivity index (χ3v) is 7.40. The van der Waals surface area contributed by atoms with Crippen LogP contribution in [0.15, 0.2) is 64.5 Å². The Labute approximate surface area is 175 Å². The number of methoxy groups -OCH3 is 1. The van der Waals surface area contributed by atoms with E-state index in [0.717, 1.165) is 5.56 Å². The fourth-order valence-electron chi connectivity index (χ4n) is 2.70. The molecule has 0 saturated heterocycles. The van der Waals surface area contributed by atoms with Crippen molar-refractivity contribution < 1.29 is 21.6 Å². The predicted molar refractivity (Wildman–Crippen MR) is 114 cm³/mol. The highest BCUT2D eigenvalue weighted by atomic mass is 32.2. The van der Waals surface area contributed by atoms with Crippen LogP contribution in [0.4, 0.5) is 5.69 Å². The zero-order valence-electron chi connectivity index (χ0n) is 16.7. The van der Waals surface area contributed by atoms with Crippen LogP contribution < -0.4 is 9.46 Å². The summed E-state index contributed by atoms with van der Waals surface area (Å²) in [5.74, 6) is 0.198. The van der Waals surface area contributed by atoms with Crippen molar-refractivity contribution in [1.29, 1.82) is 0 Å². The van der Waals surface area contributed by atoms with Gasteiger partial charge in [-0.15, -0.1) is 10.2 Å². The molecule has 2 aromatic carbocycles. The van der Waals surface area contributed by atoms with Crippen LogP contribution in [0.25, 0.3) is 11.3 Å². The Morgan fingerprint density at radius 3 is 2.20 bits per heavy atom. The van der Waals surface area contributed by atoms with Crippen molar-refractivity contribution in [2.24, 2.45) is 0 Å². The minimum atomic E-state index is -3.85. The van der Waals surface area contributed by atoms with E-state index < -0.39 is 19.9 Å². The van der Waals surface area contributed by atoms with Gasteiger partial charge in [-0.1, -0.05) is 25.1 Å². The molecule has 3 aromatic rings. The Bertz CT molecular complexity index is 1250. The van der Waals surface area contributed by atoms with Gasteiger partial charge < -0.3 is 4.74 Å². The molecule has 1 heterocycles. The molecule has 30 heavy (non-hydrogen) atoms. The Morgan fingerprint density at radius 2 is 1.63 bits per heavy atom. The second kappa shape index (κ2) is 8.41. The molecule has 0 amide bonds. The molecule has 1 N–H and O–H groups in total. The number of nitrogens with zero attached hydrogens (tertiary/aromatic N) is 2. The molecule has 0 radical (unpaired) electrons. The quantitative estimate of drug-likeness (QED) is 0.592. The zero-order valence-corrected chi connectivity index (χ0v) is 18.3. The number of sulfonamides is 1. The SMILES string of the molecule is CCS(=O)(=O)c1ccc(-c2ccc(NS(=O)(=O)c3cc(C)ccc3OC)cc2)nn1. The van der Waals surface area contributed by atoms with Gasteiger partial charge in [-0.3, -0.25) is 4.72 Å². The molecule has 0 unspecified atom stereocenters. The Morgan fingerprint density at radius 1 is 0.933 bits per heavy atom. The van der Waals surface area contributed by atoms with Gasteiger partial charge in [0, 0.05) is 11.3 Å². The summed E-state index contributed by atoms with van der Waals surface area (Å²) in [5.41, 5.74) is 2.29. The van der Waals surface area contributed by atoms with E-state index in [0.29, 0.717) is 16.9 Å². The molecule has 3 rings (SSSR count). The monoisotopic (exact) mass is 447 g/mol. The number of ether oxygens (including phenoxy) is 1. The molecule has 1 aromatic heterocycles. The van der Waals surface area contributed by atoms with Gasteiger partial charge in [0.25, 0.3) is 10.0 Å². The second-order valence-electron chi connectivity index (χ2n) is 6.50. The summed E-state index contributed by atoms with van der Waals surface area (Å²) in [6.07, 6.45) is 0. The maximum Gasteiger partial charge on any atom is 0.265 e. The number of aryl methyl sites for hydroxylation is 1. The summed E-state index contributed by atoms with van der Waals surface area (Å²) in [4.78, 5) is 0.0488. The summed E-state index contributed by atoms with van der Waals surface area (Å²) in [5, 5.41) is 7.67. The van der Waals surface area contributed by atoms with Crippen molar-refractivity contribution in [3.63, 3.8) is 0 Å². The van der Waals surface area contributed by atoms with Crippen molar-refractivity contribution in [1.82, 2.24) is 10.2 Å². The van der Waals surface area contributed by atoms with Crippen molar-refractivity contribution in [2.45, 2.75) is 23.8 Å². The van der Waals surface area contributed by atoms with Gasteiger partial charge in [-0.05, 0) is 48.9 Å². The minimum Gasteiger partial charge on any atom is -0.495 e. The van der Waals surface area contributed by atoms with Crippen LogP contribution in [0.3, 0.4) is 0 Å². The lowest BCUT2D eigenvalue weighted by molar-refractivity contribution is 0.402. The van der Waals surface area contributed by atoms with Gasteiger partial charge in [-0.25, -0.2) is 16.8 Å². The summed E-state index contributed by atoms with van der Waals surface area (Å²) < 4.78 is 56.9. The highest BCUT2D eigenvalue weighted by molar-refractivity contribution is 7.92. The zero-order chi connectivity index (χ0) is 21.9. The number of anilines is 1. The van der Waals surface area contributed by atoms with Crippen LogP contribution >= 0.6 is 0 Å². The lowest BCUT2D eigenvalue weighted by Gasteiger charge is -2.12. The molecule has 0 bridgehead atoms. The van der Waals surface area contributed by atoms with Gasteiger partial charge in [-0.2, -0.15) is 0 Å². The van der Waals surface area contributed by atoms with E-state index in [1.165, 1.54) is 26.2 Å². The normalized spacial score (nSPS) is 11.8. The topological polar surface area (TPSA) is 115 Å². The first-order valence-corrected chi connectivity index (χ1v) is 12.1. The van der Waals surface area contributed by atoms with Crippen molar-refractivity contribution in [3.8, 4) is 17.0 Å². The van der Waals surface area contributed by atoms with E-state index in [-0.39, 0.29) is 21.4 Å². The third kappa shape index (κ3) is 4.60. The molecule has 0 saturated carbocycles. The number of nitrogens with one attached hydrogen (secondary N) is 1. The first-order valence-electron chi connectivity index (χ1n) is 9.00. The first kappa shape index (κ1) is 21.7.